The summed E-state index contributed by atoms with van der Waals surface area (Å²) in [6.07, 6.45) is 10.1. The SMILES string of the molecule is C1CC2C(N3CCNC4(CCCC4)C3)CCN2C1. The molecule has 2 unspecified atom stereocenters. The van der Waals surface area contributed by atoms with Crippen molar-refractivity contribution in [1.82, 2.24) is 15.1 Å². The van der Waals surface area contributed by atoms with Gasteiger partial charge < -0.3 is 5.32 Å². The van der Waals surface area contributed by atoms with Gasteiger partial charge in [0, 0.05) is 43.8 Å². The third kappa shape index (κ3) is 1.83. The monoisotopic (exact) mass is 249 g/mol. The first-order valence-electron chi connectivity index (χ1n) is 8.10. The summed E-state index contributed by atoms with van der Waals surface area (Å²) >= 11 is 0. The highest BCUT2D eigenvalue weighted by Crippen LogP contribution is 2.36. The lowest BCUT2D eigenvalue weighted by Gasteiger charge is -2.45. The second-order valence-electron chi connectivity index (χ2n) is 6.99. The third-order valence-corrected chi connectivity index (χ3v) is 6.00. The Labute approximate surface area is 111 Å². The molecule has 1 saturated carbocycles. The van der Waals surface area contributed by atoms with Crippen molar-refractivity contribution >= 4 is 0 Å². The van der Waals surface area contributed by atoms with E-state index in [0.29, 0.717) is 5.54 Å². The van der Waals surface area contributed by atoms with Crippen molar-refractivity contribution in [3.05, 3.63) is 0 Å². The van der Waals surface area contributed by atoms with Gasteiger partial charge in [-0.25, -0.2) is 0 Å². The molecule has 0 aromatic heterocycles. The van der Waals surface area contributed by atoms with Gasteiger partial charge in [0.1, 0.15) is 0 Å². The standard InChI is InChI=1S/C15H27N3/c1-2-7-15(6-1)12-18(11-8-16-15)14-5-10-17-9-3-4-13(14)17/h13-14,16H,1-12H2. The van der Waals surface area contributed by atoms with E-state index >= 15 is 0 Å². The van der Waals surface area contributed by atoms with E-state index in [4.69, 9.17) is 0 Å². The highest BCUT2D eigenvalue weighted by atomic mass is 15.3. The highest BCUT2D eigenvalue weighted by molar-refractivity contribution is 5.03. The number of nitrogens with one attached hydrogen (secondary N) is 1. The highest BCUT2D eigenvalue weighted by Gasteiger charge is 2.45. The molecule has 18 heavy (non-hydrogen) atoms. The first-order valence-corrected chi connectivity index (χ1v) is 8.10. The van der Waals surface area contributed by atoms with Crippen LogP contribution in [0, 0.1) is 0 Å². The Morgan fingerprint density at radius 2 is 1.67 bits per heavy atom. The molecule has 3 saturated heterocycles. The van der Waals surface area contributed by atoms with Crippen LogP contribution in [0.3, 0.4) is 0 Å². The Morgan fingerprint density at radius 3 is 2.56 bits per heavy atom. The number of hydrogen-bond donors (Lipinski definition) is 1. The zero-order chi connectivity index (χ0) is 12.0. The van der Waals surface area contributed by atoms with Crippen LogP contribution in [0.2, 0.25) is 0 Å². The van der Waals surface area contributed by atoms with Crippen LogP contribution in [0.15, 0.2) is 0 Å². The summed E-state index contributed by atoms with van der Waals surface area (Å²) in [7, 11) is 0. The molecule has 3 nitrogen and oxygen atoms in total. The van der Waals surface area contributed by atoms with Crippen molar-refractivity contribution in [3.8, 4) is 0 Å². The van der Waals surface area contributed by atoms with E-state index < -0.39 is 0 Å². The lowest BCUT2D eigenvalue weighted by atomic mass is 9.92. The van der Waals surface area contributed by atoms with Crippen LogP contribution in [0.5, 0.6) is 0 Å². The number of hydrogen-bond acceptors (Lipinski definition) is 3. The fraction of sp³-hybridized carbons (Fsp3) is 1.00. The second kappa shape index (κ2) is 4.46. The Bertz CT molecular complexity index is 311. The van der Waals surface area contributed by atoms with E-state index in [1.54, 1.807) is 0 Å². The van der Waals surface area contributed by atoms with Crippen molar-refractivity contribution in [2.24, 2.45) is 0 Å². The van der Waals surface area contributed by atoms with Crippen molar-refractivity contribution in [2.75, 3.05) is 32.7 Å². The molecule has 0 aromatic rings. The first kappa shape index (κ1) is 11.7. The summed E-state index contributed by atoms with van der Waals surface area (Å²) in [6, 6.07) is 1.79. The zero-order valence-corrected chi connectivity index (χ0v) is 11.5. The summed E-state index contributed by atoms with van der Waals surface area (Å²) in [5, 5.41) is 3.85. The predicted octanol–water partition coefficient (Wildman–Crippen LogP) is 1.44. The normalized spacial score (nSPS) is 40.7. The van der Waals surface area contributed by atoms with Gasteiger partial charge in [0.2, 0.25) is 0 Å². The molecule has 4 rings (SSSR count). The van der Waals surface area contributed by atoms with Crippen LogP contribution >= 0.6 is 0 Å². The lowest BCUT2D eigenvalue weighted by molar-refractivity contribution is 0.0796. The van der Waals surface area contributed by atoms with Gasteiger partial charge in [0.05, 0.1) is 0 Å². The van der Waals surface area contributed by atoms with E-state index in [-0.39, 0.29) is 0 Å². The molecule has 1 spiro atoms. The molecule has 0 amide bonds. The van der Waals surface area contributed by atoms with E-state index in [1.165, 1.54) is 77.7 Å². The van der Waals surface area contributed by atoms with Crippen LogP contribution in [0.25, 0.3) is 0 Å². The third-order valence-electron chi connectivity index (χ3n) is 6.00. The van der Waals surface area contributed by atoms with E-state index in [0.717, 1.165) is 12.1 Å². The van der Waals surface area contributed by atoms with Crippen LogP contribution in [-0.4, -0.2) is 60.1 Å². The fourth-order valence-electron chi connectivity index (χ4n) is 5.14. The maximum absolute atomic E-state index is 3.85. The molecule has 3 heteroatoms. The van der Waals surface area contributed by atoms with Crippen LogP contribution < -0.4 is 5.32 Å². The minimum atomic E-state index is 0.504. The predicted molar refractivity (Wildman–Crippen MR) is 73.8 cm³/mol. The molecule has 0 radical (unpaired) electrons. The van der Waals surface area contributed by atoms with Crippen LogP contribution in [-0.2, 0) is 0 Å². The molecule has 0 bridgehead atoms. The number of piperazine rings is 1. The van der Waals surface area contributed by atoms with E-state index in [9.17, 15) is 0 Å². The Morgan fingerprint density at radius 1 is 0.833 bits per heavy atom. The largest absolute Gasteiger partial charge is 0.309 e. The molecule has 3 aliphatic heterocycles. The van der Waals surface area contributed by atoms with Crippen molar-refractivity contribution in [3.63, 3.8) is 0 Å². The zero-order valence-electron chi connectivity index (χ0n) is 11.5. The van der Waals surface area contributed by atoms with Crippen molar-refractivity contribution in [2.45, 2.75) is 62.6 Å². The topological polar surface area (TPSA) is 18.5 Å². The quantitative estimate of drug-likeness (QED) is 0.759. The number of fused-ring (bicyclic) bond motifs is 1. The molecule has 4 aliphatic rings. The molecule has 0 aromatic carbocycles. The van der Waals surface area contributed by atoms with Gasteiger partial charge in [-0.05, 0) is 38.6 Å². The summed E-state index contributed by atoms with van der Waals surface area (Å²) in [6.45, 7) is 6.59. The minimum absolute atomic E-state index is 0.504. The Hall–Kier alpha value is -0.120. The van der Waals surface area contributed by atoms with Gasteiger partial charge in [-0.3, -0.25) is 9.80 Å². The number of nitrogens with zero attached hydrogens (tertiary/aromatic N) is 2. The molecule has 2 atom stereocenters. The summed E-state index contributed by atoms with van der Waals surface area (Å²) in [5.41, 5.74) is 0.504. The molecule has 3 heterocycles. The molecular weight excluding hydrogens is 222 g/mol. The molecule has 1 aliphatic carbocycles. The molecule has 102 valence electrons. The van der Waals surface area contributed by atoms with Gasteiger partial charge in [0.15, 0.2) is 0 Å². The summed E-state index contributed by atoms with van der Waals surface area (Å²) in [5.74, 6) is 0. The van der Waals surface area contributed by atoms with E-state index in [2.05, 4.69) is 15.1 Å². The van der Waals surface area contributed by atoms with Gasteiger partial charge in [0.25, 0.3) is 0 Å². The van der Waals surface area contributed by atoms with Crippen molar-refractivity contribution in [1.29, 1.82) is 0 Å². The summed E-state index contributed by atoms with van der Waals surface area (Å²) in [4.78, 5) is 5.62. The average Bonchev–Trinajstić information content (AvgIpc) is 3.05. The smallest absolute Gasteiger partial charge is 0.0309 e. The molecular formula is C15H27N3. The first-order chi connectivity index (χ1) is 8.86. The second-order valence-corrected chi connectivity index (χ2v) is 6.99. The maximum atomic E-state index is 3.85. The lowest BCUT2D eigenvalue weighted by Crippen LogP contribution is -2.62. The van der Waals surface area contributed by atoms with Gasteiger partial charge >= 0.3 is 0 Å². The van der Waals surface area contributed by atoms with E-state index in [1.807, 2.05) is 0 Å². The van der Waals surface area contributed by atoms with Crippen LogP contribution in [0.4, 0.5) is 0 Å². The van der Waals surface area contributed by atoms with Crippen LogP contribution in [0.1, 0.15) is 44.9 Å². The summed E-state index contributed by atoms with van der Waals surface area (Å²) < 4.78 is 0. The molecule has 1 N–H and O–H groups in total. The Kier molecular flexibility index (Phi) is 2.90. The maximum Gasteiger partial charge on any atom is 0.0309 e. The minimum Gasteiger partial charge on any atom is -0.309 e. The fourth-order valence-corrected chi connectivity index (χ4v) is 5.14. The van der Waals surface area contributed by atoms with Crippen molar-refractivity contribution < 1.29 is 0 Å². The Balaban J connectivity index is 1.47. The van der Waals surface area contributed by atoms with Gasteiger partial charge in [-0.1, -0.05) is 12.8 Å². The van der Waals surface area contributed by atoms with Gasteiger partial charge in [-0.15, -0.1) is 0 Å². The van der Waals surface area contributed by atoms with Gasteiger partial charge in [-0.2, -0.15) is 0 Å². The average molecular weight is 249 g/mol. The molecule has 4 fully saturated rings. The number of rotatable bonds is 1.